The fourth-order valence-corrected chi connectivity index (χ4v) is 0.607. The van der Waals surface area contributed by atoms with Crippen LogP contribution in [0.25, 0.3) is 5.41 Å². The van der Waals surface area contributed by atoms with Crippen molar-refractivity contribution in [3.8, 4) is 0 Å². The van der Waals surface area contributed by atoms with Crippen molar-refractivity contribution in [3.63, 3.8) is 0 Å². The molecule has 0 bridgehead atoms. The molecular weight excluding hydrogens is 132 g/mol. The van der Waals surface area contributed by atoms with Gasteiger partial charge in [-0.2, -0.15) is 0 Å². The Kier molecular flexibility index (Phi) is 1.53. The minimum atomic E-state index is -0.556. The summed E-state index contributed by atoms with van der Waals surface area (Å²) in [5.74, 6) is 0. The topological polar surface area (TPSA) is 65.4 Å². The number of rotatable bonds is 1. The van der Waals surface area contributed by atoms with Crippen LogP contribution >= 0.6 is 0 Å². The van der Waals surface area contributed by atoms with Gasteiger partial charge in [0.25, 0.3) is 0 Å². The van der Waals surface area contributed by atoms with E-state index in [9.17, 15) is 10.1 Å². The van der Waals surface area contributed by atoms with Crippen LogP contribution < -0.4 is 0 Å². The number of hydrogen-bond acceptors (Lipinski definition) is 2. The van der Waals surface area contributed by atoms with Gasteiger partial charge in [-0.25, -0.2) is 0 Å². The monoisotopic (exact) mass is 136 g/mol. The molecule has 0 amide bonds. The SMILES string of the molecule is [N-]=C1C=C([N+](=O)[O-])C=C[CH+]1. The highest BCUT2D eigenvalue weighted by Gasteiger charge is 2.15. The van der Waals surface area contributed by atoms with Crippen LogP contribution in [0.4, 0.5) is 0 Å². The number of nitro groups is 1. The Balaban J connectivity index is 2.86. The Labute approximate surface area is 57.5 Å². The van der Waals surface area contributed by atoms with Gasteiger partial charge in [0.15, 0.2) is 0 Å². The summed E-state index contributed by atoms with van der Waals surface area (Å²) in [6.45, 7) is 0. The molecule has 0 fully saturated rings. The van der Waals surface area contributed by atoms with Gasteiger partial charge < -0.3 is 5.41 Å². The quantitative estimate of drug-likeness (QED) is 0.305. The van der Waals surface area contributed by atoms with Gasteiger partial charge in [-0.05, 0) is 5.71 Å². The fourth-order valence-electron chi connectivity index (χ4n) is 0.607. The maximum Gasteiger partial charge on any atom is 0.370 e. The Morgan fingerprint density at radius 2 is 2.40 bits per heavy atom. The Morgan fingerprint density at radius 1 is 1.70 bits per heavy atom. The molecule has 1 aliphatic carbocycles. The van der Waals surface area contributed by atoms with E-state index in [4.69, 9.17) is 5.41 Å². The first-order valence-electron chi connectivity index (χ1n) is 2.63. The van der Waals surface area contributed by atoms with Crippen LogP contribution in [0.1, 0.15) is 0 Å². The molecule has 0 aromatic rings. The Bertz CT molecular complexity index is 238. The van der Waals surface area contributed by atoms with E-state index in [-0.39, 0.29) is 11.4 Å². The molecule has 0 N–H and O–H groups in total. The number of hydrogen-bond donors (Lipinski definition) is 0. The lowest BCUT2D eigenvalue weighted by atomic mass is 10.1. The normalized spacial score (nSPS) is 16.0. The van der Waals surface area contributed by atoms with Crippen molar-refractivity contribution in [3.05, 3.63) is 45.9 Å². The first kappa shape index (κ1) is 6.54. The highest BCUT2D eigenvalue weighted by atomic mass is 16.6. The molecule has 0 aliphatic heterocycles. The Morgan fingerprint density at radius 3 is 2.80 bits per heavy atom. The zero-order chi connectivity index (χ0) is 7.56. The van der Waals surface area contributed by atoms with Crippen molar-refractivity contribution in [1.82, 2.24) is 0 Å². The summed E-state index contributed by atoms with van der Waals surface area (Å²) in [6, 6.07) is 0. The molecular formula is C6H4N2O2. The third-order valence-electron chi connectivity index (χ3n) is 1.04. The zero-order valence-electron chi connectivity index (χ0n) is 5.02. The van der Waals surface area contributed by atoms with Gasteiger partial charge in [0.2, 0.25) is 0 Å². The Hall–Kier alpha value is -1.58. The van der Waals surface area contributed by atoms with Crippen molar-refractivity contribution in [2.45, 2.75) is 0 Å². The minimum absolute atomic E-state index is 0.0887. The van der Waals surface area contributed by atoms with Crippen LogP contribution in [-0.4, -0.2) is 10.6 Å². The smallest absolute Gasteiger partial charge is 0.370 e. The molecule has 0 unspecified atom stereocenters. The van der Waals surface area contributed by atoms with Crippen LogP contribution in [-0.2, 0) is 0 Å². The summed E-state index contributed by atoms with van der Waals surface area (Å²) < 4.78 is 0. The molecule has 0 aromatic heterocycles. The van der Waals surface area contributed by atoms with Gasteiger partial charge in [0.05, 0.1) is 11.0 Å². The van der Waals surface area contributed by atoms with Gasteiger partial charge in [-0.1, -0.05) is 0 Å². The molecule has 0 saturated heterocycles. The molecule has 10 heavy (non-hydrogen) atoms. The lowest BCUT2D eigenvalue weighted by molar-refractivity contribution is -0.418. The summed E-state index contributed by atoms with van der Waals surface area (Å²) in [5, 5.41) is 18.8. The van der Waals surface area contributed by atoms with Crippen molar-refractivity contribution in [2.24, 2.45) is 0 Å². The van der Waals surface area contributed by atoms with Gasteiger partial charge in [-0.15, -0.1) is 0 Å². The minimum Gasteiger partial charge on any atom is -0.779 e. The molecule has 0 saturated carbocycles. The molecule has 1 aliphatic rings. The van der Waals surface area contributed by atoms with Gasteiger partial charge in [0.1, 0.15) is 12.2 Å². The predicted octanol–water partition coefficient (Wildman–Crippen LogP) is 0.931. The third kappa shape index (κ3) is 1.22. The summed E-state index contributed by atoms with van der Waals surface area (Å²) in [7, 11) is 0. The van der Waals surface area contributed by atoms with Gasteiger partial charge >= 0.3 is 5.70 Å². The number of allylic oxidation sites excluding steroid dienone is 3. The van der Waals surface area contributed by atoms with E-state index in [1.807, 2.05) is 0 Å². The second-order valence-electron chi connectivity index (χ2n) is 1.78. The lowest BCUT2D eigenvalue weighted by Crippen LogP contribution is -2.03. The molecule has 4 nitrogen and oxygen atoms in total. The molecule has 4 heteroatoms. The maximum atomic E-state index is 10.0. The molecule has 50 valence electrons. The van der Waals surface area contributed by atoms with E-state index in [1.165, 1.54) is 18.6 Å². The zero-order valence-corrected chi connectivity index (χ0v) is 5.02. The van der Waals surface area contributed by atoms with Gasteiger partial charge in [0, 0.05) is 6.42 Å². The highest BCUT2D eigenvalue weighted by molar-refractivity contribution is 6.07. The molecule has 0 atom stereocenters. The van der Waals surface area contributed by atoms with Crippen LogP contribution in [0.5, 0.6) is 0 Å². The first-order valence-corrected chi connectivity index (χ1v) is 2.63. The second kappa shape index (κ2) is 2.34. The molecule has 0 heterocycles. The summed E-state index contributed by atoms with van der Waals surface area (Å²) in [5.41, 5.74) is -0.186. The molecule has 0 radical (unpaired) electrons. The van der Waals surface area contributed by atoms with Gasteiger partial charge in [-0.3, -0.25) is 10.1 Å². The lowest BCUT2D eigenvalue weighted by Gasteiger charge is -1.97. The summed E-state index contributed by atoms with van der Waals surface area (Å²) in [6.07, 6.45) is 5.22. The van der Waals surface area contributed by atoms with Crippen LogP contribution in [0, 0.1) is 16.5 Å². The fraction of sp³-hybridized carbons (Fsp3) is 0. The van der Waals surface area contributed by atoms with Crippen LogP contribution in [0.2, 0.25) is 0 Å². The van der Waals surface area contributed by atoms with Crippen LogP contribution in [0.15, 0.2) is 23.9 Å². The summed E-state index contributed by atoms with van der Waals surface area (Å²) in [4.78, 5) is 9.49. The summed E-state index contributed by atoms with van der Waals surface area (Å²) >= 11 is 0. The van der Waals surface area contributed by atoms with Crippen molar-refractivity contribution in [2.75, 3.05) is 0 Å². The molecule has 0 aromatic carbocycles. The maximum absolute atomic E-state index is 10.0. The predicted molar refractivity (Wildman–Crippen MR) is 36.9 cm³/mol. The standard InChI is InChI=1S/C6H4N2O2/c7-5-2-1-3-6(4-5)8(9)10/h1-4H. The highest BCUT2D eigenvalue weighted by Crippen LogP contribution is 2.06. The van der Waals surface area contributed by atoms with E-state index in [0.29, 0.717) is 0 Å². The largest absolute Gasteiger partial charge is 0.779 e. The molecule has 0 spiro atoms. The van der Waals surface area contributed by atoms with E-state index in [1.54, 1.807) is 0 Å². The van der Waals surface area contributed by atoms with Crippen LogP contribution in [0.3, 0.4) is 0 Å². The van der Waals surface area contributed by atoms with E-state index in [2.05, 4.69) is 0 Å². The van der Waals surface area contributed by atoms with E-state index in [0.717, 1.165) is 6.08 Å². The van der Waals surface area contributed by atoms with Crippen molar-refractivity contribution < 1.29 is 4.92 Å². The van der Waals surface area contributed by atoms with Crippen molar-refractivity contribution in [1.29, 1.82) is 0 Å². The first-order chi connectivity index (χ1) is 4.70. The van der Waals surface area contributed by atoms with E-state index < -0.39 is 4.92 Å². The second-order valence-corrected chi connectivity index (χ2v) is 1.78. The van der Waals surface area contributed by atoms with Crippen molar-refractivity contribution >= 4 is 5.71 Å². The third-order valence-corrected chi connectivity index (χ3v) is 1.04. The average Bonchev–Trinajstić information content (AvgIpc) is 1.88. The van der Waals surface area contributed by atoms with E-state index >= 15 is 0 Å². The molecule has 1 rings (SSSR count). The average molecular weight is 136 g/mol. The number of nitrogens with zero attached hydrogens (tertiary/aromatic N) is 2.